The number of ether oxygens (including phenoxy) is 1. The molecule has 45 heavy (non-hydrogen) atoms. The van der Waals surface area contributed by atoms with Gasteiger partial charge in [-0.05, 0) is 103 Å². The van der Waals surface area contributed by atoms with E-state index in [1.165, 1.54) is 6.92 Å². The molecule has 0 radical (unpaired) electrons. The van der Waals surface area contributed by atoms with Gasteiger partial charge < -0.3 is 15.2 Å². The van der Waals surface area contributed by atoms with Gasteiger partial charge in [-0.15, -0.1) is 0 Å². The fraction of sp³-hybridized carbons (Fsp3) is 0.486. The summed E-state index contributed by atoms with van der Waals surface area (Å²) in [7, 11) is 1.56. The monoisotopic (exact) mass is 629 g/mol. The standard InChI is InChI=1S/C35H36F5NO4/c1-32-18-28(21-5-7-22(8-6-21)31(43)41-19-20-3-11-25(45-2)12-4-20)30-26-14-10-24(42)17-23(26)9-13-27(30)29(32)15-16-33(32,44)34(36,37)35(38,39)40/h3-8,11-12,17,27-29,44H,9-10,13-16,18-19H2,1-2H3,(H,41,43)/t27-,28+,29-,32-,33-/m0/s1. The Morgan fingerprint density at radius 1 is 1.00 bits per heavy atom. The molecule has 0 heterocycles. The van der Waals surface area contributed by atoms with Gasteiger partial charge in [0.2, 0.25) is 0 Å². The number of carbonyl (C=O) groups is 2. The SMILES string of the molecule is COc1ccc(CNC(=O)c2ccc([C@H]3C[C@@]4(C)[C@@H](CC[C@@]4(O)C(F)(F)C(F)(F)F)[C@@H]4CCC5=CC(=O)CCC5=C43)cc2)cc1. The van der Waals surface area contributed by atoms with Crippen molar-refractivity contribution in [3.05, 3.63) is 88.0 Å². The van der Waals surface area contributed by atoms with Crippen LogP contribution >= 0.6 is 0 Å². The number of alkyl halides is 5. The lowest BCUT2D eigenvalue weighted by molar-refractivity contribution is -0.362. The van der Waals surface area contributed by atoms with Crippen LogP contribution in [-0.4, -0.2) is 41.6 Å². The summed E-state index contributed by atoms with van der Waals surface area (Å²) in [6.07, 6.45) is -3.12. The predicted octanol–water partition coefficient (Wildman–Crippen LogP) is 7.45. The molecule has 1 amide bonds. The molecule has 10 heteroatoms. The van der Waals surface area contributed by atoms with Crippen molar-refractivity contribution >= 4 is 11.7 Å². The number of carbonyl (C=O) groups excluding carboxylic acids is 2. The molecule has 5 nitrogen and oxygen atoms in total. The number of methoxy groups -OCH3 is 1. The molecular weight excluding hydrogens is 593 g/mol. The minimum atomic E-state index is -5.90. The number of benzene rings is 2. The summed E-state index contributed by atoms with van der Waals surface area (Å²) in [5.41, 5.74) is -0.183. The molecule has 0 saturated heterocycles. The molecule has 5 atom stereocenters. The maximum atomic E-state index is 15.2. The molecule has 2 saturated carbocycles. The van der Waals surface area contributed by atoms with E-state index in [1.807, 2.05) is 12.1 Å². The highest BCUT2D eigenvalue weighted by atomic mass is 19.4. The van der Waals surface area contributed by atoms with Gasteiger partial charge in [-0.1, -0.05) is 36.8 Å². The Morgan fingerprint density at radius 3 is 2.33 bits per heavy atom. The van der Waals surface area contributed by atoms with Crippen molar-refractivity contribution < 1.29 is 41.4 Å². The van der Waals surface area contributed by atoms with E-state index in [2.05, 4.69) is 5.32 Å². The number of allylic oxidation sites excluding steroid dienone is 4. The molecule has 0 unspecified atom stereocenters. The topological polar surface area (TPSA) is 75.6 Å². The summed E-state index contributed by atoms with van der Waals surface area (Å²) < 4.78 is 76.9. The number of halogens is 5. The highest BCUT2D eigenvalue weighted by molar-refractivity contribution is 5.94. The average Bonchev–Trinajstić information content (AvgIpc) is 3.30. The Hall–Kier alpha value is -3.53. The smallest absolute Gasteiger partial charge is 0.456 e. The van der Waals surface area contributed by atoms with E-state index in [-0.39, 0.29) is 37.0 Å². The van der Waals surface area contributed by atoms with Gasteiger partial charge in [0.25, 0.3) is 5.91 Å². The summed E-state index contributed by atoms with van der Waals surface area (Å²) in [5, 5.41) is 14.3. The van der Waals surface area contributed by atoms with Crippen molar-refractivity contribution in [2.45, 2.75) is 82.0 Å². The van der Waals surface area contributed by atoms with Gasteiger partial charge in [-0.25, -0.2) is 0 Å². The van der Waals surface area contributed by atoms with E-state index in [1.54, 1.807) is 49.6 Å². The van der Waals surface area contributed by atoms with E-state index in [4.69, 9.17) is 4.74 Å². The van der Waals surface area contributed by atoms with Gasteiger partial charge in [0.15, 0.2) is 5.78 Å². The van der Waals surface area contributed by atoms with Crippen LogP contribution in [0.3, 0.4) is 0 Å². The van der Waals surface area contributed by atoms with Crippen molar-refractivity contribution in [3.8, 4) is 5.75 Å². The maximum Gasteiger partial charge on any atom is 0.456 e. The zero-order valence-electron chi connectivity index (χ0n) is 25.1. The molecule has 0 aromatic heterocycles. The van der Waals surface area contributed by atoms with Gasteiger partial charge in [0.1, 0.15) is 11.4 Å². The van der Waals surface area contributed by atoms with Crippen LogP contribution in [-0.2, 0) is 11.3 Å². The molecule has 2 N–H and O–H groups in total. The molecular formula is C35H36F5NO4. The normalized spacial score (nSPS) is 29.8. The van der Waals surface area contributed by atoms with E-state index in [0.717, 1.165) is 22.3 Å². The fourth-order valence-corrected chi connectivity index (χ4v) is 8.61. The summed E-state index contributed by atoms with van der Waals surface area (Å²) in [6, 6.07) is 14.0. The second-order valence-corrected chi connectivity index (χ2v) is 13.1. The Kier molecular flexibility index (Phi) is 7.74. The third-order valence-electron chi connectivity index (χ3n) is 10.9. The fourth-order valence-electron chi connectivity index (χ4n) is 8.61. The van der Waals surface area contributed by atoms with Crippen molar-refractivity contribution in [1.29, 1.82) is 0 Å². The third-order valence-corrected chi connectivity index (χ3v) is 10.9. The Balaban J connectivity index is 1.35. The number of aliphatic hydroxyl groups is 1. The van der Waals surface area contributed by atoms with E-state index in [9.17, 15) is 27.9 Å². The quantitative estimate of drug-likeness (QED) is 0.326. The first kappa shape index (κ1) is 31.5. The first-order chi connectivity index (χ1) is 21.2. The largest absolute Gasteiger partial charge is 0.497 e. The maximum absolute atomic E-state index is 15.2. The van der Waals surface area contributed by atoms with Crippen LogP contribution < -0.4 is 10.1 Å². The predicted molar refractivity (Wildman–Crippen MR) is 157 cm³/mol. The molecule has 6 rings (SSSR count). The minimum Gasteiger partial charge on any atom is -0.497 e. The van der Waals surface area contributed by atoms with E-state index < -0.39 is 41.4 Å². The summed E-state index contributed by atoms with van der Waals surface area (Å²) in [4.78, 5) is 25.2. The molecule has 4 aliphatic carbocycles. The van der Waals surface area contributed by atoms with Crippen molar-refractivity contribution in [2.75, 3.05) is 7.11 Å². The Bertz CT molecular complexity index is 1560. The summed E-state index contributed by atoms with van der Waals surface area (Å²) >= 11 is 0. The lowest BCUT2D eigenvalue weighted by Gasteiger charge is -2.56. The van der Waals surface area contributed by atoms with Crippen molar-refractivity contribution in [2.24, 2.45) is 17.3 Å². The second kappa shape index (κ2) is 11.1. The molecule has 0 bridgehead atoms. The number of hydrogen-bond acceptors (Lipinski definition) is 4. The van der Waals surface area contributed by atoms with Crippen LogP contribution in [0.4, 0.5) is 22.0 Å². The van der Waals surface area contributed by atoms with Gasteiger partial charge in [0.05, 0.1) is 7.11 Å². The number of nitrogens with one attached hydrogen (secondary N) is 1. The highest BCUT2D eigenvalue weighted by Gasteiger charge is 2.79. The van der Waals surface area contributed by atoms with E-state index in [0.29, 0.717) is 42.6 Å². The van der Waals surface area contributed by atoms with Gasteiger partial charge in [-0.2, -0.15) is 22.0 Å². The molecule has 2 aromatic rings. The zero-order chi connectivity index (χ0) is 32.4. The zero-order valence-corrected chi connectivity index (χ0v) is 25.1. The highest BCUT2D eigenvalue weighted by Crippen LogP contribution is 2.70. The van der Waals surface area contributed by atoms with Crippen LogP contribution in [0.25, 0.3) is 0 Å². The van der Waals surface area contributed by atoms with Crippen LogP contribution in [0.15, 0.2) is 71.3 Å². The van der Waals surface area contributed by atoms with Crippen LogP contribution in [0.2, 0.25) is 0 Å². The first-order valence-corrected chi connectivity index (χ1v) is 15.3. The van der Waals surface area contributed by atoms with Gasteiger partial charge >= 0.3 is 12.1 Å². The van der Waals surface area contributed by atoms with Crippen LogP contribution in [0.5, 0.6) is 5.75 Å². The third kappa shape index (κ3) is 5.00. The average molecular weight is 630 g/mol. The van der Waals surface area contributed by atoms with Crippen molar-refractivity contribution in [3.63, 3.8) is 0 Å². The molecule has 4 aliphatic rings. The molecule has 240 valence electrons. The van der Waals surface area contributed by atoms with Gasteiger partial charge in [0, 0.05) is 29.9 Å². The number of fused-ring (bicyclic) bond motifs is 4. The van der Waals surface area contributed by atoms with Crippen LogP contribution in [0.1, 0.15) is 79.3 Å². The molecule has 0 spiro atoms. The molecule has 2 fully saturated rings. The first-order valence-electron chi connectivity index (χ1n) is 15.3. The minimum absolute atomic E-state index is 0.0232. The Morgan fingerprint density at radius 2 is 1.69 bits per heavy atom. The van der Waals surface area contributed by atoms with E-state index >= 15 is 8.78 Å². The summed E-state index contributed by atoms with van der Waals surface area (Å²) in [5.74, 6) is -6.33. The lowest BCUT2D eigenvalue weighted by atomic mass is 9.50. The Labute approximate surface area is 258 Å². The molecule has 2 aromatic carbocycles. The lowest BCUT2D eigenvalue weighted by Crippen LogP contribution is -2.65. The van der Waals surface area contributed by atoms with Crippen molar-refractivity contribution in [1.82, 2.24) is 5.32 Å². The number of rotatable bonds is 6. The number of amides is 1. The number of ketones is 1. The summed E-state index contributed by atoms with van der Waals surface area (Å²) in [6.45, 7) is 1.68. The number of hydrogen-bond donors (Lipinski definition) is 2. The van der Waals surface area contributed by atoms with Crippen LogP contribution in [0, 0.1) is 17.3 Å². The molecule has 0 aliphatic heterocycles. The second-order valence-electron chi connectivity index (χ2n) is 13.1. The van der Waals surface area contributed by atoms with Gasteiger partial charge in [-0.3, -0.25) is 9.59 Å².